The van der Waals surface area contributed by atoms with Crippen molar-refractivity contribution in [3.05, 3.63) is 12.7 Å². The highest BCUT2D eigenvalue weighted by molar-refractivity contribution is 5.26. The van der Waals surface area contributed by atoms with E-state index in [-0.39, 0.29) is 6.61 Å². The molecular formula is C20H33NO13. The second kappa shape index (κ2) is 11.7. The van der Waals surface area contributed by atoms with Gasteiger partial charge >= 0.3 is 0 Å². The van der Waals surface area contributed by atoms with Crippen molar-refractivity contribution in [2.24, 2.45) is 4.99 Å². The van der Waals surface area contributed by atoms with Gasteiger partial charge in [0.1, 0.15) is 73.2 Å². The zero-order valence-corrected chi connectivity index (χ0v) is 18.3. The molecular weight excluding hydrogens is 462 g/mol. The minimum absolute atomic E-state index is 0.248. The molecule has 0 aromatic carbocycles. The zero-order valence-electron chi connectivity index (χ0n) is 18.3. The van der Waals surface area contributed by atoms with Gasteiger partial charge in [-0.25, -0.2) is 0 Å². The third-order valence-corrected chi connectivity index (χ3v) is 6.21. The molecule has 3 fully saturated rings. The van der Waals surface area contributed by atoms with Crippen molar-refractivity contribution in [3.8, 4) is 0 Å². The number of ether oxygens (including phenoxy) is 5. The van der Waals surface area contributed by atoms with Crippen LogP contribution in [0, 0.1) is 0 Å². The summed E-state index contributed by atoms with van der Waals surface area (Å²) in [7, 11) is 0. The van der Waals surface area contributed by atoms with E-state index in [0.717, 1.165) is 0 Å². The van der Waals surface area contributed by atoms with Gasteiger partial charge < -0.3 is 64.5 Å². The van der Waals surface area contributed by atoms with Crippen molar-refractivity contribution in [2.45, 2.75) is 85.8 Å². The van der Waals surface area contributed by atoms with Crippen molar-refractivity contribution in [2.75, 3.05) is 19.8 Å². The molecule has 0 saturated carbocycles. The molecule has 3 heterocycles. The van der Waals surface area contributed by atoms with Crippen LogP contribution in [-0.4, -0.2) is 153 Å². The Morgan fingerprint density at radius 3 is 1.91 bits per heavy atom. The second-order valence-corrected chi connectivity index (χ2v) is 8.38. The molecule has 34 heavy (non-hydrogen) atoms. The Morgan fingerprint density at radius 1 is 0.794 bits per heavy atom. The Hall–Kier alpha value is -1.11. The number of rotatable bonds is 8. The number of nitrogens with zero attached hydrogens (tertiary/aromatic N) is 1. The maximum Gasteiger partial charge on any atom is 0.187 e. The summed E-state index contributed by atoms with van der Waals surface area (Å²) in [4.78, 5) is 3.71. The van der Waals surface area contributed by atoms with Crippen molar-refractivity contribution < 1.29 is 64.5 Å². The van der Waals surface area contributed by atoms with E-state index in [0.29, 0.717) is 0 Å². The molecule has 0 amide bonds. The SMILES string of the molecule is C=CC1OC(OC2C(CO)OC(OC3C(CO)OCC(O)C3O)C(O)C2O)C(O)C(O)C1N=C. The molecule has 3 aliphatic heterocycles. The summed E-state index contributed by atoms with van der Waals surface area (Å²) in [6, 6.07) is -0.921. The standard InChI is InChI=1S/C20H33NO13/c1-3-8-11(21-2)13(26)15(28)19(31-8)34-18-10(5-23)32-20(16(29)14(18)27)33-17-9(4-22)30-6-7(24)12(17)25/h3,7-20,22-29H,1-2,4-6H2. The Kier molecular flexibility index (Phi) is 9.50. The van der Waals surface area contributed by atoms with Gasteiger partial charge in [-0.05, 0) is 6.72 Å². The second-order valence-electron chi connectivity index (χ2n) is 8.38. The smallest absolute Gasteiger partial charge is 0.187 e. The third-order valence-electron chi connectivity index (χ3n) is 6.21. The van der Waals surface area contributed by atoms with E-state index < -0.39 is 99.0 Å². The summed E-state index contributed by atoms with van der Waals surface area (Å²) >= 11 is 0. The number of aliphatic imine (C=N–C) groups is 1. The maximum atomic E-state index is 10.7. The Bertz CT molecular complexity index is 681. The highest BCUT2D eigenvalue weighted by Crippen LogP contribution is 2.32. The summed E-state index contributed by atoms with van der Waals surface area (Å²) in [6.07, 6.45) is -17.2. The summed E-state index contributed by atoms with van der Waals surface area (Å²) in [6.45, 7) is 5.38. The van der Waals surface area contributed by atoms with Gasteiger partial charge in [0, 0.05) is 0 Å². The molecule has 196 valence electrons. The first-order chi connectivity index (χ1) is 16.2. The molecule has 0 aromatic heterocycles. The molecule has 8 N–H and O–H groups in total. The molecule has 3 saturated heterocycles. The van der Waals surface area contributed by atoms with Crippen LogP contribution < -0.4 is 0 Å². The van der Waals surface area contributed by atoms with Crippen LogP contribution in [0.5, 0.6) is 0 Å². The monoisotopic (exact) mass is 495 g/mol. The van der Waals surface area contributed by atoms with E-state index in [1.165, 1.54) is 6.08 Å². The fraction of sp³-hybridized carbons (Fsp3) is 0.850. The van der Waals surface area contributed by atoms with Crippen LogP contribution in [0.4, 0.5) is 0 Å². The summed E-state index contributed by atoms with van der Waals surface area (Å²) in [5, 5.41) is 81.3. The molecule has 14 nitrogen and oxygen atoms in total. The number of aliphatic hydroxyl groups is 8. The summed E-state index contributed by atoms with van der Waals surface area (Å²) in [5.74, 6) is 0. The van der Waals surface area contributed by atoms with Crippen molar-refractivity contribution in [1.29, 1.82) is 0 Å². The minimum Gasteiger partial charge on any atom is -0.394 e. The van der Waals surface area contributed by atoms with Crippen LogP contribution in [0.2, 0.25) is 0 Å². The largest absolute Gasteiger partial charge is 0.394 e. The van der Waals surface area contributed by atoms with E-state index in [2.05, 4.69) is 18.3 Å². The molecule has 0 spiro atoms. The van der Waals surface area contributed by atoms with Crippen LogP contribution >= 0.6 is 0 Å². The van der Waals surface area contributed by atoms with Gasteiger partial charge in [-0.2, -0.15) is 0 Å². The van der Waals surface area contributed by atoms with Crippen LogP contribution in [0.15, 0.2) is 17.6 Å². The number of hydrogen-bond acceptors (Lipinski definition) is 14. The van der Waals surface area contributed by atoms with Gasteiger partial charge in [0.25, 0.3) is 0 Å². The molecule has 0 aromatic rings. The Balaban J connectivity index is 1.72. The van der Waals surface area contributed by atoms with Gasteiger partial charge in [0.2, 0.25) is 0 Å². The first-order valence-electron chi connectivity index (χ1n) is 10.8. The van der Waals surface area contributed by atoms with Gasteiger partial charge in [-0.3, -0.25) is 4.99 Å². The average molecular weight is 495 g/mol. The van der Waals surface area contributed by atoms with Crippen molar-refractivity contribution in [3.63, 3.8) is 0 Å². The lowest BCUT2D eigenvalue weighted by molar-refractivity contribution is -0.363. The third kappa shape index (κ3) is 5.34. The van der Waals surface area contributed by atoms with Crippen LogP contribution in [-0.2, 0) is 23.7 Å². The highest BCUT2D eigenvalue weighted by Gasteiger charge is 2.52. The number of aliphatic hydroxyl groups excluding tert-OH is 8. The molecule has 3 rings (SSSR count). The van der Waals surface area contributed by atoms with E-state index in [9.17, 15) is 40.9 Å². The highest BCUT2D eigenvalue weighted by atomic mass is 16.7. The lowest BCUT2D eigenvalue weighted by Crippen LogP contribution is -2.65. The average Bonchev–Trinajstić information content (AvgIpc) is 2.83. The lowest BCUT2D eigenvalue weighted by atomic mass is 9.95. The number of hydrogen-bond donors (Lipinski definition) is 8. The fourth-order valence-corrected chi connectivity index (χ4v) is 4.21. The Labute approximate surface area is 195 Å². The van der Waals surface area contributed by atoms with E-state index in [1.807, 2.05) is 0 Å². The first kappa shape index (κ1) is 27.5. The molecule has 3 aliphatic rings. The predicted molar refractivity (Wildman–Crippen MR) is 111 cm³/mol. The zero-order chi connectivity index (χ0) is 25.2. The molecule has 0 radical (unpaired) electrons. The van der Waals surface area contributed by atoms with Gasteiger partial charge in [0.05, 0.1) is 19.8 Å². The summed E-state index contributed by atoms with van der Waals surface area (Å²) in [5.41, 5.74) is 0. The van der Waals surface area contributed by atoms with Crippen LogP contribution in [0.25, 0.3) is 0 Å². The van der Waals surface area contributed by atoms with Crippen LogP contribution in [0.1, 0.15) is 0 Å². The van der Waals surface area contributed by atoms with Crippen molar-refractivity contribution in [1.82, 2.24) is 0 Å². The molecule has 14 heteroatoms. The minimum atomic E-state index is -1.79. The normalized spacial score (nSPS) is 50.0. The van der Waals surface area contributed by atoms with Crippen LogP contribution in [0.3, 0.4) is 0 Å². The molecule has 0 bridgehead atoms. The first-order valence-corrected chi connectivity index (χ1v) is 10.8. The van der Waals surface area contributed by atoms with E-state index in [4.69, 9.17) is 23.7 Å². The lowest BCUT2D eigenvalue weighted by Gasteiger charge is -2.47. The van der Waals surface area contributed by atoms with Gasteiger partial charge in [-0.15, -0.1) is 6.58 Å². The Morgan fingerprint density at radius 2 is 1.35 bits per heavy atom. The maximum absolute atomic E-state index is 10.7. The van der Waals surface area contributed by atoms with Gasteiger partial charge in [-0.1, -0.05) is 6.08 Å². The molecule has 0 aliphatic carbocycles. The van der Waals surface area contributed by atoms with Gasteiger partial charge in [0.15, 0.2) is 12.6 Å². The molecule has 14 atom stereocenters. The topological polar surface area (TPSA) is 220 Å². The quantitative estimate of drug-likeness (QED) is 0.117. The van der Waals surface area contributed by atoms with E-state index in [1.54, 1.807) is 0 Å². The van der Waals surface area contributed by atoms with Crippen molar-refractivity contribution >= 4 is 6.72 Å². The fourth-order valence-electron chi connectivity index (χ4n) is 4.21. The predicted octanol–water partition coefficient (Wildman–Crippen LogP) is -4.99. The summed E-state index contributed by atoms with van der Waals surface area (Å²) < 4.78 is 27.4. The van der Waals surface area contributed by atoms with E-state index >= 15 is 0 Å². The molecule has 14 unspecified atom stereocenters.